The van der Waals surface area contributed by atoms with E-state index in [0.717, 1.165) is 150 Å². The van der Waals surface area contributed by atoms with Gasteiger partial charge in [-0.2, -0.15) is 15.3 Å². The molecular weight excluding hydrogens is 1500 g/mol. The summed E-state index contributed by atoms with van der Waals surface area (Å²) in [6.07, 6.45) is 42.7. The van der Waals surface area contributed by atoms with Gasteiger partial charge in [-0.3, -0.25) is 39.9 Å². The molecule has 24 heteroatoms. The largest absolute Gasteiger partial charge is 0.446 e. The van der Waals surface area contributed by atoms with Gasteiger partial charge in [0, 0.05) is 80.4 Å². The summed E-state index contributed by atoms with van der Waals surface area (Å²) in [6, 6.07) is 66.2. The number of ether oxygens (including phenoxy) is 2. The number of carbonyl (C=O) groups excluding carboxylic acids is 2. The van der Waals surface area contributed by atoms with Crippen LogP contribution in [0.15, 0.2) is 300 Å². The molecule has 1 saturated carbocycles. The molecule has 2 aromatic carbocycles. The van der Waals surface area contributed by atoms with Gasteiger partial charge in [-0.1, -0.05) is 160 Å². The van der Waals surface area contributed by atoms with Gasteiger partial charge in [0.1, 0.15) is 40.7 Å². The number of benzene rings is 2. The molecule has 10 aromatic heterocycles. The van der Waals surface area contributed by atoms with Crippen molar-refractivity contribution in [2.75, 3.05) is 0 Å². The molecule has 4 aliphatic carbocycles. The summed E-state index contributed by atoms with van der Waals surface area (Å²) in [4.78, 5) is 59.7. The molecule has 0 spiro atoms. The van der Waals surface area contributed by atoms with Crippen molar-refractivity contribution in [1.29, 1.82) is 0 Å². The molecule has 6 aliphatic rings. The van der Waals surface area contributed by atoms with E-state index in [1.165, 1.54) is 74.5 Å². The third-order valence-electron chi connectivity index (χ3n) is 21.4. The van der Waals surface area contributed by atoms with Crippen molar-refractivity contribution in [3.05, 3.63) is 325 Å². The van der Waals surface area contributed by atoms with Gasteiger partial charge >= 0.3 is 12.2 Å². The highest BCUT2D eigenvalue weighted by Gasteiger charge is 2.40. The topological polar surface area (TPSA) is 307 Å². The van der Waals surface area contributed by atoms with E-state index < -0.39 is 0 Å². The first kappa shape index (κ1) is 82.9. The Morgan fingerprint density at radius 2 is 0.742 bits per heavy atom. The fourth-order valence-electron chi connectivity index (χ4n) is 15.4. The Labute approximate surface area is 700 Å². The highest BCUT2D eigenvalue weighted by molar-refractivity contribution is 6.19. The van der Waals surface area contributed by atoms with Crippen molar-refractivity contribution in [2.45, 2.75) is 160 Å². The third kappa shape index (κ3) is 23.8. The minimum absolute atomic E-state index is 0.0339. The van der Waals surface area contributed by atoms with E-state index in [1.807, 2.05) is 225 Å². The zero-order chi connectivity index (χ0) is 81.8. The Morgan fingerprint density at radius 3 is 1.23 bits per heavy atom. The van der Waals surface area contributed by atoms with E-state index in [-0.39, 0.29) is 42.1 Å². The summed E-state index contributed by atoms with van der Waals surface area (Å²) in [5, 5.41) is 49.2. The minimum Gasteiger partial charge on any atom is -0.446 e. The van der Waals surface area contributed by atoms with Gasteiger partial charge in [0.15, 0.2) is 0 Å². The Morgan fingerprint density at radius 1 is 0.342 bits per heavy atom. The molecule has 2 aliphatic heterocycles. The lowest BCUT2D eigenvalue weighted by Gasteiger charge is -2.35. The normalized spacial score (nSPS) is 18.3. The van der Waals surface area contributed by atoms with Crippen LogP contribution in [0.5, 0.6) is 0 Å². The lowest BCUT2D eigenvalue weighted by Crippen LogP contribution is -2.39. The SMILES string of the molecule is C1=C2C(c3ccccn3)=NN=C(c3ccccn3)C2CCCCC1.O=C(NCc1ccccc1)OC1/C=C/CCCCC1.O=C(NCc1ccccc1)OC1CCCCC2C(c3ccccn3)=NN=C(c3ccccn3)C2C1.c1ccc(-c2nnc(-c3ccccn3)c3c2CCCCCC3)nc1.c1ccc(-c2nnc(-c3ccccn3)nn2)nc1. The smallest absolute Gasteiger partial charge is 0.407 e. The van der Waals surface area contributed by atoms with E-state index in [1.54, 1.807) is 36.9 Å². The number of nitrogens with zero attached hydrogens (tertiary/aromatic N) is 18. The Hall–Kier alpha value is -13.6. The lowest BCUT2D eigenvalue weighted by molar-refractivity contribution is 0.0730. The van der Waals surface area contributed by atoms with Crippen LogP contribution in [0.3, 0.4) is 0 Å². The van der Waals surface area contributed by atoms with E-state index in [9.17, 15) is 9.59 Å². The monoisotopic (exact) mass is 1590 g/mol. The predicted octanol–water partition coefficient (Wildman–Crippen LogP) is 18.8. The zero-order valence-electron chi connectivity index (χ0n) is 67.3. The van der Waals surface area contributed by atoms with E-state index in [0.29, 0.717) is 42.5 Å². The molecule has 2 N–H and O–H groups in total. The number of allylic oxidation sites excluding steroid dienone is 3. The van der Waals surface area contributed by atoms with E-state index in [4.69, 9.17) is 9.47 Å². The lowest BCUT2D eigenvalue weighted by atomic mass is 9.73. The van der Waals surface area contributed by atoms with Gasteiger partial charge in [-0.15, -0.1) is 35.7 Å². The van der Waals surface area contributed by atoms with Crippen LogP contribution >= 0.6 is 0 Å². The average Bonchev–Trinajstić information content (AvgIpc) is 0.799. The highest BCUT2D eigenvalue weighted by Crippen LogP contribution is 2.39. The number of amides is 2. The first-order valence-corrected chi connectivity index (χ1v) is 41.8. The maximum Gasteiger partial charge on any atom is 0.407 e. The number of alkyl carbamates (subject to hydrolysis) is 2. The number of pyridine rings is 8. The van der Waals surface area contributed by atoms with Crippen molar-refractivity contribution in [3.8, 4) is 45.8 Å². The zero-order valence-corrected chi connectivity index (χ0v) is 67.3. The summed E-state index contributed by atoms with van der Waals surface area (Å²) in [7, 11) is 0. The van der Waals surface area contributed by atoms with Crippen molar-refractivity contribution in [2.24, 2.45) is 38.2 Å². The fourth-order valence-corrected chi connectivity index (χ4v) is 15.4. The molecule has 606 valence electrons. The van der Waals surface area contributed by atoms with Crippen LogP contribution in [0.25, 0.3) is 45.8 Å². The number of nitrogens with one attached hydrogen (secondary N) is 2. The molecule has 18 rings (SSSR count). The molecule has 0 saturated heterocycles. The second-order valence-corrected chi connectivity index (χ2v) is 29.7. The van der Waals surface area contributed by atoms with Gasteiger partial charge in [-0.05, 0) is 227 Å². The standard InChI is InChI=1S/C28H29N5O2.2C20H20N4.C16H21NO2.C12H8N6/c34-28(31-19-20-10-2-1-3-11-20)35-21-12-4-5-13-22-23(18-21)27(25-15-7-9-17-30-25)33-32-26(22)24-14-6-8-16-29-24;2*1-2-4-10-16-15(9-3-1)19(17-11-5-7-13-21-17)23-24-20(16)18-12-6-8-14-22-18;18-16(17-13-14-9-5-4-6-10-14)19-15-11-7-2-1-3-8-12-15;1-3-7-13-9(5-1)11-15-17-12(18-16-11)10-6-2-4-8-14-10/h1-3,6-11,14-17,21-23H,4-5,12-13,18-19H2,(H,31,34);5-8,11-14H,1-4,9-10H2;5-9,11-14,16H,1-4,10H2;4-7,9-11,15H,1-3,8,12-13H2,(H,17,18);1-8H/b;;;11-7+;. The average molecular weight is 1600 g/mol. The molecule has 5 atom stereocenters. The number of rotatable bonds is 14. The Balaban J connectivity index is 0.000000126. The molecule has 24 nitrogen and oxygen atoms in total. The van der Waals surface area contributed by atoms with Crippen LogP contribution in [-0.2, 0) is 35.4 Å². The summed E-state index contributed by atoms with van der Waals surface area (Å²) in [6.45, 7) is 0.950. The maximum atomic E-state index is 12.7. The van der Waals surface area contributed by atoms with E-state index in [2.05, 4.69) is 114 Å². The molecule has 12 aromatic rings. The number of hydrogen-bond acceptors (Lipinski definition) is 22. The maximum absolute atomic E-state index is 12.7. The molecule has 0 radical (unpaired) electrons. The van der Waals surface area contributed by atoms with Crippen molar-refractivity contribution in [1.82, 2.24) is 81.1 Å². The molecular formula is C96H98N20O4. The van der Waals surface area contributed by atoms with Crippen LogP contribution in [0, 0.1) is 17.8 Å². The second-order valence-electron chi connectivity index (χ2n) is 29.7. The first-order chi connectivity index (χ1) is 59.4. The number of aromatic nitrogens is 14. The molecule has 1 fully saturated rings. The predicted molar refractivity (Wildman–Crippen MR) is 466 cm³/mol. The second kappa shape index (κ2) is 44.6. The number of carbonyl (C=O) groups is 2. The Bertz CT molecular complexity index is 5230. The summed E-state index contributed by atoms with van der Waals surface area (Å²) in [5.41, 5.74) is 18.2. The number of hydrogen-bond donors (Lipinski definition) is 2. The van der Waals surface area contributed by atoms with Crippen LogP contribution in [0.4, 0.5) is 9.59 Å². The highest BCUT2D eigenvalue weighted by atomic mass is 16.6. The molecule has 5 unspecified atom stereocenters. The van der Waals surface area contributed by atoms with Gasteiger partial charge in [0.25, 0.3) is 0 Å². The van der Waals surface area contributed by atoms with Crippen LogP contribution in [-0.4, -0.2) is 118 Å². The van der Waals surface area contributed by atoms with Gasteiger partial charge < -0.3 is 20.1 Å². The van der Waals surface area contributed by atoms with Crippen LogP contribution < -0.4 is 10.6 Å². The molecule has 2 amide bonds. The van der Waals surface area contributed by atoms with Crippen LogP contribution in [0.1, 0.15) is 167 Å². The summed E-state index contributed by atoms with van der Waals surface area (Å²) in [5.74, 6) is 1.23. The summed E-state index contributed by atoms with van der Waals surface area (Å²) >= 11 is 0. The molecule has 120 heavy (non-hydrogen) atoms. The first-order valence-electron chi connectivity index (χ1n) is 41.8. The third-order valence-corrected chi connectivity index (χ3v) is 21.4. The summed E-state index contributed by atoms with van der Waals surface area (Å²) < 4.78 is 11.4. The van der Waals surface area contributed by atoms with E-state index >= 15 is 0 Å². The quantitative estimate of drug-likeness (QED) is 0.0956. The minimum atomic E-state index is -0.387. The number of fused-ring (bicyclic) bond motifs is 3. The molecule has 0 bridgehead atoms. The van der Waals surface area contributed by atoms with Crippen molar-refractivity contribution >= 4 is 35.0 Å². The van der Waals surface area contributed by atoms with Gasteiger partial charge in [0.05, 0.1) is 51.3 Å². The Kier molecular flexibility index (Phi) is 30.8. The molecule has 12 heterocycles. The van der Waals surface area contributed by atoms with Crippen LogP contribution in [0.2, 0.25) is 0 Å². The fraction of sp³-hybridized carbons (Fsp3) is 0.292. The van der Waals surface area contributed by atoms with Crippen molar-refractivity contribution in [3.63, 3.8) is 0 Å². The van der Waals surface area contributed by atoms with Crippen molar-refractivity contribution < 1.29 is 19.1 Å². The van der Waals surface area contributed by atoms with Gasteiger partial charge in [0.2, 0.25) is 11.6 Å². The van der Waals surface area contributed by atoms with Gasteiger partial charge in [-0.25, -0.2) is 9.59 Å².